The van der Waals surface area contributed by atoms with Crippen LogP contribution in [0.2, 0.25) is 0 Å². The molecule has 2 aromatic rings. The molecule has 4 nitrogen and oxygen atoms in total. The van der Waals surface area contributed by atoms with Crippen LogP contribution in [-0.2, 0) is 6.42 Å². The first kappa shape index (κ1) is 18.7. The number of hydrogen-bond donors (Lipinski definition) is 2. The molecule has 1 aliphatic heterocycles. The normalized spacial score (nSPS) is 14.8. The second-order valence-corrected chi connectivity index (χ2v) is 5.53. The molecule has 0 aliphatic carbocycles. The molecule has 0 radical (unpaired) electrons. The summed E-state index contributed by atoms with van der Waals surface area (Å²) < 4.78 is 12.9. The van der Waals surface area contributed by atoms with Crippen molar-refractivity contribution >= 4 is 35.6 Å². The number of guanidine groups is 1. The lowest BCUT2D eigenvalue weighted by atomic mass is 10.1. The lowest BCUT2D eigenvalue weighted by molar-refractivity contribution is 0.181. The fourth-order valence-electron chi connectivity index (χ4n) is 2.84. The van der Waals surface area contributed by atoms with Crippen molar-refractivity contribution in [2.75, 3.05) is 25.0 Å². The smallest absolute Gasteiger partial charge is 0.198 e. The number of halogens is 2. The number of aliphatic imine (C=N–C) groups is 1. The molecule has 1 unspecified atom stereocenters. The molecule has 0 fully saturated rings. The van der Waals surface area contributed by atoms with E-state index in [4.69, 9.17) is 0 Å². The van der Waals surface area contributed by atoms with E-state index in [-0.39, 0.29) is 29.8 Å². The van der Waals surface area contributed by atoms with E-state index in [1.807, 2.05) is 12.1 Å². The minimum Gasteiger partial charge on any atom is -0.387 e. The highest BCUT2D eigenvalue weighted by molar-refractivity contribution is 14.0. The van der Waals surface area contributed by atoms with Gasteiger partial charge in [0, 0.05) is 25.8 Å². The van der Waals surface area contributed by atoms with E-state index in [0.29, 0.717) is 12.1 Å². The van der Waals surface area contributed by atoms with Crippen molar-refractivity contribution in [2.24, 2.45) is 4.99 Å². The quantitative estimate of drug-likeness (QED) is 0.437. The number of hydrogen-bond acceptors (Lipinski definition) is 2. The van der Waals surface area contributed by atoms with Crippen LogP contribution in [0.15, 0.2) is 53.5 Å². The third-order valence-corrected chi connectivity index (χ3v) is 4.06. The molecule has 3 rings (SSSR count). The van der Waals surface area contributed by atoms with Crippen LogP contribution in [0.1, 0.15) is 17.2 Å². The van der Waals surface area contributed by atoms with Crippen LogP contribution >= 0.6 is 24.0 Å². The molecule has 1 atom stereocenters. The Bertz CT molecular complexity index is 706. The van der Waals surface area contributed by atoms with Crippen LogP contribution in [0.4, 0.5) is 10.1 Å². The zero-order valence-corrected chi connectivity index (χ0v) is 15.8. The van der Waals surface area contributed by atoms with Crippen LogP contribution < -0.4 is 10.2 Å². The Hall–Kier alpha value is -1.67. The summed E-state index contributed by atoms with van der Waals surface area (Å²) in [7, 11) is 1.73. The first-order chi connectivity index (χ1) is 11.2. The number of nitrogens with one attached hydrogen (secondary N) is 1. The minimum absolute atomic E-state index is 0. The maximum atomic E-state index is 12.9. The number of benzene rings is 2. The molecule has 0 saturated heterocycles. The molecule has 0 spiro atoms. The summed E-state index contributed by atoms with van der Waals surface area (Å²) in [4.78, 5) is 6.43. The summed E-state index contributed by atoms with van der Waals surface area (Å²) in [6.45, 7) is 1.18. The zero-order valence-electron chi connectivity index (χ0n) is 13.4. The van der Waals surface area contributed by atoms with Gasteiger partial charge >= 0.3 is 0 Å². The molecule has 2 N–H and O–H groups in total. The Morgan fingerprint density at radius 3 is 2.67 bits per heavy atom. The highest BCUT2D eigenvalue weighted by Gasteiger charge is 2.22. The largest absolute Gasteiger partial charge is 0.387 e. The second-order valence-electron chi connectivity index (χ2n) is 5.53. The summed E-state index contributed by atoms with van der Waals surface area (Å²) >= 11 is 0. The number of fused-ring (bicyclic) bond motifs is 1. The Labute approximate surface area is 158 Å². The second kappa shape index (κ2) is 8.43. The van der Waals surface area contributed by atoms with Gasteiger partial charge in [-0.05, 0) is 35.7 Å². The summed E-state index contributed by atoms with van der Waals surface area (Å²) in [6, 6.07) is 14.1. The Morgan fingerprint density at radius 2 is 1.96 bits per heavy atom. The molecular weight excluding hydrogens is 420 g/mol. The van der Waals surface area contributed by atoms with Gasteiger partial charge in [-0.15, -0.1) is 24.0 Å². The third-order valence-electron chi connectivity index (χ3n) is 4.06. The third kappa shape index (κ3) is 4.05. The highest BCUT2D eigenvalue weighted by atomic mass is 127. The monoisotopic (exact) mass is 441 g/mol. The molecule has 0 bridgehead atoms. The van der Waals surface area contributed by atoms with E-state index < -0.39 is 6.10 Å². The van der Waals surface area contributed by atoms with Gasteiger partial charge < -0.3 is 15.3 Å². The zero-order chi connectivity index (χ0) is 16.2. The van der Waals surface area contributed by atoms with Gasteiger partial charge in [0.1, 0.15) is 5.82 Å². The van der Waals surface area contributed by atoms with Gasteiger partial charge in [-0.1, -0.05) is 30.3 Å². The number of aliphatic hydroxyl groups excluding tert-OH is 1. The van der Waals surface area contributed by atoms with E-state index in [9.17, 15) is 9.50 Å². The van der Waals surface area contributed by atoms with Crippen molar-refractivity contribution < 1.29 is 9.50 Å². The van der Waals surface area contributed by atoms with E-state index in [0.717, 1.165) is 24.6 Å². The lowest BCUT2D eigenvalue weighted by Gasteiger charge is -2.23. The predicted molar refractivity (Wildman–Crippen MR) is 106 cm³/mol. The number of nitrogens with zero attached hydrogens (tertiary/aromatic N) is 2. The van der Waals surface area contributed by atoms with Gasteiger partial charge in [0.05, 0.1) is 6.10 Å². The van der Waals surface area contributed by atoms with Crippen LogP contribution in [0.25, 0.3) is 0 Å². The summed E-state index contributed by atoms with van der Waals surface area (Å²) in [6.07, 6.45) is 0.266. The van der Waals surface area contributed by atoms with Crippen molar-refractivity contribution in [3.05, 3.63) is 65.5 Å². The van der Waals surface area contributed by atoms with Crippen molar-refractivity contribution in [1.82, 2.24) is 5.32 Å². The van der Waals surface area contributed by atoms with E-state index in [2.05, 4.69) is 27.3 Å². The van der Waals surface area contributed by atoms with Gasteiger partial charge in [-0.2, -0.15) is 0 Å². The molecule has 128 valence electrons. The fourth-order valence-corrected chi connectivity index (χ4v) is 2.84. The SMILES string of the molecule is CN=C(NCC(O)c1ccc(F)cc1)N1CCc2ccccc21.I. The molecule has 1 heterocycles. The van der Waals surface area contributed by atoms with Gasteiger partial charge in [0.25, 0.3) is 0 Å². The van der Waals surface area contributed by atoms with Gasteiger partial charge in [0.15, 0.2) is 5.96 Å². The Morgan fingerprint density at radius 1 is 1.25 bits per heavy atom. The van der Waals surface area contributed by atoms with Gasteiger partial charge in [0.2, 0.25) is 0 Å². The molecule has 24 heavy (non-hydrogen) atoms. The van der Waals surface area contributed by atoms with Crippen LogP contribution in [0.5, 0.6) is 0 Å². The van der Waals surface area contributed by atoms with Crippen LogP contribution in [-0.4, -0.2) is 31.2 Å². The highest BCUT2D eigenvalue weighted by Crippen LogP contribution is 2.27. The first-order valence-corrected chi connectivity index (χ1v) is 7.68. The number of anilines is 1. The Balaban J connectivity index is 0.00000208. The van der Waals surface area contributed by atoms with Gasteiger partial charge in [-0.25, -0.2) is 4.39 Å². The standard InChI is InChI=1S/C18H20FN3O.HI/c1-20-18(22-11-10-13-4-2-3-5-16(13)22)21-12-17(23)14-6-8-15(19)9-7-14;/h2-9,17,23H,10-12H2,1H3,(H,20,21);1H. The van der Waals surface area contributed by atoms with Crippen molar-refractivity contribution in [3.63, 3.8) is 0 Å². The van der Waals surface area contributed by atoms with Crippen molar-refractivity contribution in [1.29, 1.82) is 0 Å². The molecule has 0 amide bonds. The van der Waals surface area contributed by atoms with E-state index >= 15 is 0 Å². The van der Waals surface area contributed by atoms with E-state index in [1.165, 1.54) is 17.7 Å². The molecule has 2 aromatic carbocycles. The number of para-hydroxylation sites is 1. The summed E-state index contributed by atoms with van der Waals surface area (Å²) in [5, 5.41) is 13.4. The van der Waals surface area contributed by atoms with Crippen LogP contribution in [0.3, 0.4) is 0 Å². The summed E-state index contributed by atoms with van der Waals surface area (Å²) in [5.74, 6) is 0.425. The fraction of sp³-hybridized carbons (Fsp3) is 0.278. The summed E-state index contributed by atoms with van der Waals surface area (Å²) in [5.41, 5.74) is 3.13. The maximum Gasteiger partial charge on any atom is 0.198 e. The van der Waals surface area contributed by atoms with Gasteiger partial charge in [-0.3, -0.25) is 4.99 Å². The average Bonchev–Trinajstić information content (AvgIpc) is 3.00. The lowest BCUT2D eigenvalue weighted by Crippen LogP contribution is -2.42. The molecule has 0 aromatic heterocycles. The predicted octanol–water partition coefficient (Wildman–Crippen LogP) is 3.12. The molecule has 6 heteroatoms. The minimum atomic E-state index is -0.717. The molecule has 1 aliphatic rings. The van der Waals surface area contributed by atoms with E-state index in [1.54, 1.807) is 19.2 Å². The Kier molecular flexibility index (Phi) is 6.56. The first-order valence-electron chi connectivity index (χ1n) is 7.68. The van der Waals surface area contributed by atoms with Crippen LogP contribution in [0, 0.1) is 5.82 Å². The topological polar surface area (TPSA) is 47.9 Å². The number of aliphatic hydroxyl groups is 1. The average molecular weight is 441 g/mol. The molecular formula is C18H21FIN3O. The number of rotatable bonds is 3. The van der Waals surface area contributed by atoms with Crippen molar-refractivity contribution in [2.45, 2.75) is 12.5 Å². The maximum absolute atomic E-state index is 12.9. The molecule has 0 saturated carbocycles. The van der Waals surface area contributed by atoms with Crippen molar-refractivity contribution in [3.8, 4) is 0 Å².